The molecule has 0 amide bonds. The van der Waals surface area contributed by atoms with Gasteiger partial charge in [0.15, 0.2) is 18.1 Å². The Bertz CT molecular complexity index is 899. The van der Waals surface area contributed by atoms with E-state index in [9.17, 15) is 17.6 Å². The molecular weight excluding hydrogens is 508 g/mol. The van der Waals surface area contributed by atoms with Crippen molar-refractivity contribution < 1.29 is 31.8 Å². The molecule has 1 aromatic carbocycles. The van der Waals surface area contributed by atoms with Gasteiger partial charge in [0.1, 0.15) is 0 Å². The van der Waals surface area contributed by atoms with Crippen LogP contribution in [0.5, 0.6) is 11.5 Å². The highest BCUT2D eigenvalue weighted by molar-refractivity contribution is 5.35. The lowest BCUT2D eigenvalue weighted by molar-refractivity contribution is -0.223. The van der Waals surface area contributed by atoms with Crippen LogP contribution >= 0.6 is 0 Å². The lowest BCUT2D eigenvalue weighted by Gasteiger charge is -2.37. The average molecular weight is 555 g/mol. The molecule has 0 atom stereocenters. The molecule has 4 rings (SSSR count). The molecular formula is C32H46F4O3. The van der Waals surface area contributed by atoms with Crippen LogP contribution in [0.4, 0.5) is 17.6 Å². The maximum atomic E-state index is 14.7. The van der Waals surface area contributed by atoms with Gasteiger partial charge in [-0.2, -0.15) is 17.6 Å². The highest BCUT2D eigenvalue weighted by Crippen LogP contribution is 2.42. The highest BCUT2D eigenvalue weighted by atomic mass is 19.3. The number of hydrogen-bond donors (Lipinski definition) is 0. The Hall–Kier alpha value is -1.76. The smallest absolute Gasteiger partial charge is 0.422 e. The Kier molecular flexibility index (Phi) is 11.0. The first kappa shape index (κ1) is 30.2. The third-order valence-electron chi connectivity index (χ3n) is 9.43. The van der Waals surface area contributed by atoms with Crippen molar-refractivity contribution in [3.63, 3.8) is 0 Å². The molecule has 0 heterocycles. The van der Waals surface area contributed by atoms with Gasteiger partial charge in [0, 0.05) is 0 Å². The van der Waals surface area contributed by atoms with Crippen molar-refractivity contribution in [2.75, 3.05) is 13.2 Å². The first-order valence-electron chi connectivity index (χ1n) is 15.2. The molecule has 3 saturated carbocycles. The monoisotopic (exact) mass is 554 g/mol. The second-order valence-electron chi connectivity index (χ2n) is 12.2. The van der Waals surface area contributed by atoms with Crippen LogP contribution in [-0.4, -0.2) is 25.4 Å². The standard InChI is InChI=1S/C32H46F4O3/c1-3-5-23-10-16-27(17-11-23)38-21-32(35,36)39-29-19-18-28(30(33)31(29)34)37-20-24-8-14-26(15-9-24)25-12-6-22(4-2)7-13-25/h4,18-19,22-27H,2-3,5-17,20-21H2,1H3. The largest absolute Gasteiger partial charge is 0.490 e. The van der Waals surface area contributed by atoms with Crippen molar-refractivity contribution in [3.8, 4) is 11.5 Å². The van der Waals surface area contributed by atoms with Crippen LogP contribution < -0.4 is 9.47 Å². The molecule has 0 bridgehead atoms. The zero-order valence-corrected chi connectivity index (χ0v) is 23.5. The predicted octanol–water partition coefficient (Wildman–Crippen LogP) is 9.49. The summed E-state index contributed by atoms with van der Waals surface area (Å²) in [5.41, 5.74) is 0. The molecule has 0 saturated heterocycles. The molecule has 3 fully saturated rings. The van der Waals surface area contributed by atoms with E-state index in [0.717, 1.165) is 82.1 Å². The second kappa shape index (κ2) is 14.2. The van der Waals surface area contributed by atoms with Crippen molar-refractivity contribution in [1.29, 1.82) is 0 Å². The van der Waals surface area contributed by atoms with Crippen molar-refractivity contribution >= 4 is 0 Å². The van der Waals surface area contributed by atoms with Gasteiger partial charge in [0.25, 0.3) is 0 Å². The third kappa shape index (κ3) is 8.61. The third-order valence-corrected chi connectivity index (χ3v) is 9.43. The zero-order valence-electron chi connectivity index (χ0n) is 23.5. The normalized spacial score (nSPS) is 30.1. The Labute approximate surface area is 231 Å². The van der Waals surface area contributed by atoms with E-state index in [1.54, 1.807) is 0 Å². The molecule has 0 aromatic heterocycles. The zero-order chi connectivity index (χ0) is 27.8. The topological polar surface area (TPSA) is 27.7 Å². The van der Waals surface area contributed by atoms with Crippen LogP contribution in [0.1, 0.15) is 96.8 Å². The minimum atomic E-state index is -3.76. The Morgan fingerprint density at radius 1 is 0.821 bits per heavy atom. The first-order valence-corrected chi connectivity index (χ1v) is 15.2. The molecule has 39 heavy (non-hydrogen) atoms. The molecule has 3 aliphatic carbocycles. The molecule has 220 valence electrons. The quantitative estimate of drug-likeness (QED) is 0.190. The number of allylic oxidation sites excluding steroid dienone is 1. The van der Waals surface area contributed by atoms with Gasteiger partial charge in [-0.3, -0.25) is 0 Å². The lowest BCUT2D eigenvalue weighted by Crippen LogP contribution is -2.34. The maximum absolute atomic E-state index is 14.7. The second-order valence-corrected chi connectivity index (χ2v) is 12.2. The van der Waals surface area contributed by atoms with Crippen LogP contribution in [0.3, 0.4) is 0 Å². The summed E-state index contributed by atoms with van der Waals surface area (Å²) in [5.74, 6) is -0.782. The minimum Gasteiger partial charge on any atom is -0.490 e. The Balaban J connectivity index is 1.20. The summed E-state index contributed by atoms with van der Waals surface area (Å²) in [5, 5.41) is 0. The summed E-state index contributed by atoms with van der Waals surface area (Å²) in [6.45, 7) is 5.37. The van der Waals surface area contributed by atoms with E-state index in [2.05, 4.69) is 24.3 Å². The van der Waals surface area contributed by atoms with Gasteiger partial charge in [0.2, 0.25) is 11.6 Å². The summed E-state index contributed by atoms with van der Waals surface area (Å²) in [6.07, 6.45) is 13.0. The van der Waals surface area contributed by atoms with Crippen molar-refractivity contribution in [2.45, 2.75) is 109 Å². The van der Waals surface area contributed by atoms with Crippen LogP contribution in [0.2, 0.25) is 0 Å². The molecule has 3 nitrogen and oxygen atoms in total. The van der Waals surface area contributed by atoms with E-state index in [4.69, 9.17) is 9.47 Å². The number of ether oxygens (including phenoxy) is 3. The molecule has 7 heteroatoms. The van der Waals surface area contributed by atoms with Crippen LogP contribution in [-0.2, 0) is 4.74 Å². The maximum Gasteiger partial charge on any atom is 0.422 e. The van der Waals surface area contributed by atoms with E-state index >= 15 is 0 Å². The fourth-order valence-corrected chi connectivity index (χ4v) is 6.99. The van der Waals surface area contributed by atoms with Gasteiger partial charge in [-0.25, -0.2) is 0 Å². The van der Waals surface area contributed by atoms with E-state index < -0.39 is 30.1 Å². The number of alkyl halides is 2. The average Bonchev–Trinajstić information content (AvgIpc) is 2.95. The summed E-state index contributed by atoms with van der Waals surface area (Å²) < 4.78 is 73.6. The number of benzene rings is 1. The molecule has 0 aliphatic heterocycles. The van der Waals surface area contributed by atoms with Crippen molar-refractivity contribution in [1.82, 2.24) is 0 Å². The Morgan fingerprint density at radius 2 is 1.38 bits per heavy atom. The molecule has 3 aliphatic rings. The Morgan fingerprint density at radius 3 is 2.00 bits per heavy atom. The van der Waals surface area contributed by atoms with Gasteiger partial charge < -0.3 is 14.2 Å². The summed E-state index contributed by atoms with van der Waals surface area (Å²) in [7, 11) is 0. The molecule has 0 radical (unpaired) electrons. The highest BCUT2D eigenvalue weighted by Gasteiger charge is 2.36. The van der Waals surface area contributed by atoms with Crippen LogP contribution in [0.25, 0.3) is 0 Å². The molecule has 0 N–H and O–H groups in total. The minimum absolute atomic E-state index is 0.257. The van der Waals surface area contributed by atoms with Gasteiger partial charge in [-0.05, 0) is 119 Å². The van der Waals surface area contributed by atoms with E-state index in [0.29, 0.717) is 11.8 Å². The van der Waals surface area contributed by atoms with Gasteiger partial charge in [0.05, 0.1) is 12.7 Å². The molecule has 0 spiro atoms. The molecule has 1 aromatic rings. The number of halogens is 4. The van der Waals surface area contributed by atoms with Gasteiger partial charge >= 0.3 is 6.11 Å². The fourth-order valence-electron chi connectivity index (χ4n) is 6.99. The number of hydrogen-bond acceptors (Lipinski definition) is 3. The first-order chi connectivity index (χ1) is 18.8. The number of rotatable bonds is 12. The van der Waals surface area contributed by atoms with E-state index in [-0.39, 0.29) is 24.4 Å². The summed E-state index contributed by atoms with van der Waals surface area (Å²) in [4.78, 5) is 0. The predicted molar refractivity (Wildman–Crippen MR) is 145 cm³/mol. The lowest BCUT2D eigenvalue weighted by atomic mass is 9.69. The fraction of sp³-hybridized carbons (Fsp3) is 0.750. The van der Waals surface area contributed by atoms with Crippen molar-refractivity contribution in [3.05, 3.63) is 36.4 Å². The van der Waals surface area contributed by atoms with Gasteiger partial charge in [-0.1, -0.05) is 25.8 Å². The van der Waals surface area contributed by atoms with Gasteiger partial charge in [-0.15, -0.1) is 6.58 Å². The molecule has 0 unspecified atom stereocenters. The summed E-state index contributed by atoms with van der Waals surface area (Å²) >= 11 is 0. The van der Waals surface area contributed by atoms with Crippen LogP contribution in [0, 0.1) is 41.2 Å². The SMILES string of the molecule is C=CC1CCC(C2CCC(COc3ccc(OC(F)(F)COC4CCC(CCC)CC4)c(F)c3F)CC2)CC1. The summed E-state index contributed by atoms with van der Waals surface area (Å²) in [6, 6.07) is 2.18. The van der Waals surface area contributed by atoms with Crippen LogP contribution in [0.15, 0.2) is 24.8 Å². The van der Waals surface area contributed by atoms with Crippen molar-refractivity contribution in [2.24, 2.45) is 29.6 Å². The van der Waals surface area contributed by atoms with E-state index in [1.165, 1.54) is 31.7 Å². The van der Waals surface area contributed by atoms with E-state index in [1.807, 2.05) is 0 Å².